The van der Waals surface area contributed by atoms with E-state index in [0.717, 1.165) is 31.0 Å². The lowest BCUT2D eigenvalue weighted by Crippen LogP contribution is -2.22. The van der Waals surface area contributed by atoms with Crippen LogP contribution in [0, 0.1) is 6.92 Å². The van der Waals surface area contributed by atoms with Crippen LogP contribution >= 0.6 is 47.8 Å². The molecule has 0 saturated carbocycles. The molecule has 0 aliphatic carbocycles. The maximum atomic E-state index is 13.2. The van der Waals surface area contributed by atoms with Gasteiger partial charge in [0.25, 0.3) is 5.56 Å². The molecule has 0 aliphatic rings. The molecule has 4 aromatic rings. The van der Waals surface area contributed by atoms with Crippen molar-refractivity contribution in [1.29, 1.82) is 0 Å². The van der Waals surface area contributed by atoms with E-state index in [4.69, 9.17) is 4.74 Å². The molecule has 4 rings (SSSR count). The zero-order valence-electron chi connectivity index (χ0n) is 18.7. The molecule has 0 amide bonds. The molecule has 3 aromatic carbocycles. The van der Waals surface area contributed by atoms with Gasteiger partial charge in [-0.05, 0) is 86.7 Å². The van der Waals surface area contributed by atoms with E-state index in [0.29, 0.717) is 35.5 Å². The molecular weight excluding hydrogens is 626 g/mol. The number of hydrogen-bond donors (Lipinski definition) is 0. The van der Waals surface area contributed by atoms with Gasteiger partial charge in [-0.3, -0.25) is 4.79 Å². The van der Waals surface area contributed by atoms with Crippen LogP contribution in [0.3, 0.4) is 0 Å². The fraction of sp³-hybridized carbons (Fsp3) is 0.192. The van der Waals surface area contributed by atoms with E-state index >= 15 is 0 Å². The second-order valence-corrected chi connectivity index (χ2v) is 10.5. The fourth-order valence-corrected chi connectivity index (χ4v) is 5.27. The molecule has 174 valence electrons. The molecule has 0 unspecified atom stereocenters. The Bertz CT molecular complexity index is 1410. The Hall–Kier alpha value is -2.29. The molecule has 0 saturated heterocycles. The van der Waals surface area contributed by atoms with Gasteiger partial charge >= 0.3 is 0 Å². The Kier molecular flexibility index (Phi) is 8.01. The number of aryl methyl sites for hydroxylation is 2. The van der Waals surface area contributed by atoms with Gasteiger partial charge in [0.05, 0.1) is 26.1 Å². The Balaban J connectivity index is 1.63. The number of rotatable bonds is 7. The minimum atomic E-state index is -0.192. The Morgan fingerprint density at radius 1 is 1.03 bits per heavy atom. The van der Waals surface area contributed by atoms with Crippen LogP contribution in [-0.2, 0) is 13.0 Å². The van der Waals surface area contributed by atoms with Crippen LogP contribution in [0.2, 0.25) is 0 Å². The number of nitrogens with zero attached hydrogens (tertiary/aromatic N) is 3. The SMILES string of the molecule is CCCc1nc2ccc(Br)cc2c(=O)n1N=Cc1cc(Br)c(OCc2ccc(C)cc2)c(Br)c1. The van der Waals surface area contributed by atoms with E-state index in [9.17, 15) is 4.79 Å². The van der Waals surface area contributed by atoms with E-state index in [1.165, 1.54) is 10.2 Å². The summed E-state index contributed by atoms with van der Waals surface area (Å²) in [5.74, 6) is 1.34. The lowest BCUT2D eigenvalue weighted by molar-refractivity contribution is 0.302. The van der Waals surface area contributed by atoms with E-state index in [1.54, 1.807) is 12.3 Å². The standard InChI is InChI=1S/C26H22Br3N3O2/c1-3-4-24-31-23-10-9-19(27)13-20(23)26(33)32(24)30-14-18-11-21(28)25(22(29)12-18)34-15-17-7-5-16(2)6-8-17/h5-14H,3-4,15H2,1-2H3. The molecule has 0 N–H and O–H groups in total. The van der Waals surface area contributed by atoms with Crippen LogP contribution in [0.4, 0.5) is 0 Å². The van der Waals surface area contributed by atoms with E-state index < -0.39 is 0 Å². The van der Waals surface area contributed by atoms with E-state index in [-0.39, 0.29) is 5.56 Å². The zero-order valence-corrected chi connectivity index (χ0v) is 23.4. The first-order valence-electron chi connectivity index (χ1n) is 10.8. The third-order valence-electron chi connectivity index (χ3n) is 5.20. The quantitative estimate of drug-likeness (QED) is 0.196. The maximum Gasteiger partial charge on any atom is 0.282 e. The van der Waals surface area contributed by atoms with Crippen molar-refractivity contribution in [3.05, 3.63) is 101 Å². The van der Waals surface area contributed by atoms with Crippen LogP contribution in [-0.4, -0.2) is 15.9 Å². The number of ether oxygens (including phenoxy) is 1. The molecule has 0 atom stereocenters. The molecule has 1 aromatic heterocycles. The number of aromatic nitrogens is 2. The minimum Gasteiger partial charge on any atom is -0.487 e. The summed E-state index contributed by atoms with van der Waals surface area (Å²) >= 11 is 10.6. The summed E-state index contributed by atoms with van der Waals surface area (Å²) < 4.78 is 9.83. The van der Waals surface area contributed by atoms with E-state index in [2.05, 4.69) is 96.0 Å². The predicted molar refractivity (Wildman–Crippen MR) is 148 cm³/mol. The van der Waals surface area contributed by atoms with Crippen molar-refractivity contribution in [2.24, 2.45) is 5.10 Å². The number of hydrogen-bond acceptors (Lipinski definition) is 4. The zero-order chi connectivity index (χ0) is 24.2. The first kappa shape index (κ1) is 24.8. The van der Waals surface area contributed by atoms with Gasteiger partial charge < -0.3 is 4.74 Å². The van der Waals surface area contributed by atoms with Gasteiger partial charge in [-0.25, -0.2) is 4.98 Å². The summed E-state index contributed by atoms with van der Waals surface area (Å²) in [5.41, 5.74) is 3.59. The van der Waals surface area contributed by atoms with Crippen molar-refractivity contribution < 1.29 is 4.74 Å². The van der Waals surface area contributed by atoms with Crippen molar-refractivity contribution in [3.63, 3.8) is 0 Å². The van der Waals surface area contributed by atoms with Crippen molar-refractivity contribution in [2.75, 3.05) is 0 Å². The highest BCUT2D eigenvalue weighted by atomic mass is 79.9. The van der Waals surface area contributed by atoms with Crippen LogP contribution < -0.4 is 10.3 Å². The smallest absolute Gasteiger partial charge is 0.282 e. The third-order valence-corrected chi connectivity index (χ3v) is 6.87. The van der Waals surface area contributed by atoms with Crippen molar-refractivity contribution in [2.45, 2.75) is 33.3 Å². The van der Waals surface area contributed by atoms with Crippen LogP contribution in [0.5, 0.6) is 5.75 Å². The van der Waals surface area contributed by atoms with Gasteiger partial charge in [0, 0.05) is 10.9 Å². The van der Waals surface area contributed by atoms with Gasteiger partial charge in [-0.2, -0.15) is 9.78 Å². The molecule has 8 heteroatoms. The van der Waals surface area contributed by atoms with Gasteiger partial charge in [0.2, 0.25) is 0 Å². The van der Waals surface area contributed by atoms with Crippen molar-refractivity contribution >= 4 is 64.9 Å². The summed E-state index contributed by atoms with van der Waals surface area (Å²) in [6, 6.07) is 17.6. The molecular formula is C26H22Br3N3O2. The van der Waals surface area contributed by atoms with Gasteiger partial charge in [0.15, 0.2) is 0 Å². The molecule has 0 bridgehead atoms. The summed E-state index contributed by atoms with van der Waals surface area (Å²) in [6.07, 6.45) is 3.16. The van der Waals surface area contributed by atoms with Crippen molar-refractivity contribution in [3.8, 4) is 5.75 Å². The van der Waals surface area contributed by atoms with Gasteiger partial charge in [-0.15, -0.1) is 0 Å². The second-order valence-electron chi connectivity index (χ2n) is 7.89. The monoisotopic (exact) mass is 645 g/mol. The highest BCUT2D eigenvalue weighted by molar-refractivity contribution is 9.11. The molecule has 0 spiro atoms. The Morgan fingerprint density at radius 3 is 2.41 bits per heavy atom. The second kappa shape index (κ2) is 11.0. The molecule has 5 nitrogen and oxygen atoms in total. The Morgan fingerprint density at radius 2 is 1.74 bits per heavy atom. The number of halogens is 3. The topological polar surface area (TPSA) is 56.5 Å². The number of fused-ring (bicyclic) bond motifs is 1. The average molecular weight is 648 g/mol. The average Bonchev–Trinajstić information content (AvgIpc) is 2.80. The molecule has 0 radical (unpaired) electrons. The third kappa shape index (κ3) is 5.67. The predicted octanol–water partition coefficient (Wildman–Crippen LogP) is 7.41. The Labute approximate surface area is 223 Å². The highest BCUT2D eigenvalue weighted by Crippen LogP contribution is 2.35. The summed E-state index contributed by atoms with van der Waals surface area (Å²) in [7, 11) is 0. The van der Waals surface area contributed by atoms with Crippen molar-refractivity contribution in [1.82, 2.24) is 9.66 Å². The molecule has 0 fully saturated rings. The van der Waals surface area contributed by atoms with Crippen LogP contribution in [0.1, 0.15) is 35.9 Å². The molecule has 34 heavy (non-hydrogen) atoms. The maximum absolute atomic E-state index is 13.2. The largest absolute Gasteiger partial charge is 0.487 e. The summed E-state index contributed by atoms with van der Waals surface area (Å²) in [4.78, 5) is 17.9. The summed E-state index contributed by atoms with van der Waals surface area (Å²) in [5, 5.41) is 5.03. The molecule has 1 heterocycles. The number of benzene rings is 3. The summed E-state index contributed by atoms with van der Waals surface area (Å²) in [6.45, 7) is 4.57. The minimum absolute atomic E-state index is 0.192. The van der Waals surface area contributed by atoms with Crippen LogP contribution in [0.15, 0.2) is 77.9 Å². The van der Waals surface area contributed by atoms with E-state index in [1.807, 2.05) is 24.3 Å². The van der Waals surface area contributed by atoms with Gasteiger partial charge in [0.1, 0.15) is 18.2 Å². The highest BCUT2D eigenvalue weighted by Gasteiger charge is 2.12. The lowest BCUT2D eigenvalue weighted by Gasteiger charge is -2.12. The molecule has 0 aliphatic heterocycles. The fourth-order valence-electron chi connectivity index (χ4n) is 3.46. The lowest BCUT2D eigenvalue weighted by atomic mass is 10.2. The first-order valence-corrected chi connectivity index (χ1v) is 13.2. The van der Waals surface area contributed by atoms with Gasteiger partial charge in [-0.1, -0.05) is 52.7 Å². The first-order chi connectivity index (χ1) is 16.4. The van der Waals surface area contributed by atoms with Crippen LogP contribution in [0.25, 0.3) is 10.9 Å². The normalized spacial score (nSPS) is 11.4.